The van der Waals surface area contributed by atoms with E-state index in [1.165, 1.54) is 38.5 Å². The highest BCUT2D eigenvalue weighted by Crippen LogP contribution is 2.21. The van der Waals surface area contributed by atoms with E-state index in [-0.39, 0.29) is 12.2 Å². The van der Waals surface area contributed by atoms with Crippen molar-refractivity contribution in [3.05, 3.63) is 30.3 Å². The minimum atomic E-state index is -0.324. The summed E-state index contributed by atoms with van der Waals surface area (Å²) in [4.78, 5) is 0. The molecule has 0 amide bonds. The Kier molecular flexibility index (Phi) is 6.93. The fourth-order valence-corrected chi connectivity index (χ4v) is 2.95. The van der Waals surface area contributed by atoms with E-state index >= 15 is 0 Å². The number of ether oxygens (including phenoxy) is 1. The van der Waals surface area contributed by atoms with Gasteiger partial charge in [-0.2, -0.15) is 0 Å². The molecule has 1 aromatic rings. The van der Waals surface area contributed by atoms with Gasteiger partial charge in [-0.25, -0.2) is 0 Å². The number of para-hydroxylation sites is 1. The fourth-order valence-electron chi connectivity index (χ4n) is 2.95. The number of hydrogen-bond acceptors (Lipinski definition) is 2. The Morgan fingerprint density at radius 2 is 1.30 bits per heavy atom. The number of aliphatic hydroxyl groups excluding tert-OH is 1. The summed E-state index contributed by atoms with van der Waals surface area (Å²) in [6.45, 7) is 0. The first-order chi connectivity index (χ1) is 9.86. The van der Waals surface area contributed by atoms with Crippen molar-refractivity contribution in [3.63, 3.8) is 0 Å². The van der Waals surface area contributed by atoms with E-state index in [0.29, 0.717) is 0 Å². The third kappa shape index (κ3) is 5.54. The number of rotatable bonds is 2. The van der Waals surface area contributed by atoms with Gasteiger partial charge < -0.3 is 9.84 Å². The molecule has 1 N–H and O–H groups in total. The molecule has 1 aromatic carbocycles. The first kappa shape index (κ1) is 15.4. The lowest BCUT2D eigenvalue weighted by atomic mass is 9.97. The van der Waals surface area contributed by atoms with Gasteiger partial charge in [-0.05, 0) is 31.4 Å². The molecule has 2 atom stereocenters. The maximum Gasteiger partial charge on any atom is 0.124 e. The summed E-state index contributed by atoms with van der Waals surface area (Å²) in [6, 6.07) is 9.91. The Morgan fingerprint density at radius 1 is 0.750 bits per heavy atom. The lowest BCUT2D eigenvalue weighted by Gasteiger charge is -2.25. The minimum Gasteiger partial charge on any atom is -0.488 e. The van der Waals surface area contributed by atoms with Crippen molar-refractivity contribution >= 4 is 0 Å². The van der Waals surface area contributed by atoms with Crippen LogP contribution in [0.3, 0.4) is 0 Å². The van der Waals surface area contributed by atoms with Crippen LogP contribution in [0.4, 0.5) is 0 Å². The van der Waals surface area contributed by atoms with Crippen LogP contribution in [0.15, 0.2) is 30.3 Å². The van der Waals surface area contributed by atoms with Gasteiger partial charge in [0.2, 0.25) is 0 Å². The molecule has 1 aliphatic rings. The van der Waals surface area contributed by atoms with E-state index in [2.05, 4.69) is 0 Å². The van der Waals surface area contributed by atoms with Crippen LogP contribution in [0.1, 0.15) is 64.2 Å². The number of hydrogen-bond donors (Lipinski definition) is 1. The second-order valence-corrected chi connectivity index (χ2v) is 5.94. The van der Waals surface area contributed by atoms with Crippen molar-refractivity contribution in [2.24, 2.45) is 0 Å². The zero-order valence-corrected chi connectivity index (χ0v) is 12.5. The molecule has 1 saturated carbocycles. The van der Waals surface area contributed by atoms with E-state index < -0.39 is 0 Å². The summed E-state index contributed by atoms with van der Waals surface area (Å²) in [5.74, 6) is 0.878. The Labute approximate surface area is 123 Å². The summed E-state index contributed by atoms with van der Waals surface area (Å²) in [7, 11) is 0. The van der Waals surface area contributed by atoms with Gasteiger partial charge in [-0.15, -0.1) is 0 Å². The van der Waals surface area contributed by atoms with Crippen LogP contribution in [0.25, 0.3) is 0 Å². The van der Waals surface area contributed by atoms with Gasteiger partial charge >= 0.3 is 0 Å². The third-order valence-electron chi connectivity index (χ3n) is 4.20. The maximum atomic E-state index is 10.4. The van der Waals surface area contributed by atoms with Gasteiger partial charge in [0.15, 0.2) is 0 Å². The number of aliphatic hydroxyl groups is 1. The standard InChI is InChI=1S/C18H28O2/c19-17-14-10-5-3-1-2-4-6-11-15-18(17)20-16-12-8-7-9-13-16/h7-9,12-13,17-19H,1-6,10-11,14-15H2. The topological polar surface area (TPSA) is 29.5 Å². The predicted octanol–water partition coefficient (Wildman–Crippen LogP) is 4.71. The normalized spacial score (nSPS) is 26.2. The van der Waals surface area contributed by atoms with Gasteiger partial charge in [0, 0.05) is 0 Å². The molecule has 1 fully saturated rings. The van der Waals surface area contributed by atoms with Crippen molar-refractivity contribution in [2.75, 3.05) is 0 Å². The zero-order chi connectivity index (χ0) is 14.0. The van der Waals surface area contributed by atoms with Crippen molar-refractivity contribution in [1.29, 1.82) is 0 Å². The van der Waals surface area contributed by atoms with Gasteiger partial charge in [0.05, 0.1) is 6.10 Å². The average molecular weight is 276 g/mol. The molecule has 2 heteroatoms. The first-order valence-corrected chi connectivity index (χ1v) is 8.26. The molecule has 0 bridgehead atoms. The molecule has 1 aliphatic carbocycles. The largest absolute Gasteiger partial charge is 0.488 e. The van der Waals surface area contributed by atoms with E-state index in [0.717, 1.165) is 31.4 Å². The summed E-state index contributed by atoms with van der Waals surface area (Å²) in [6.07, 6.45) is 11.6. The van der Waals surface area contributed by atoms with Crippen LogP contribution in [0.5, 0.6) is 5.75 Å². The smallest absolute Gasteiger partial charge is 0.124 e. The van der Waals surface area contributed by atoms with Crippen LogP contribution in [-0.2, 0) is 0 Å². The molecule has 0 spiro atoms. The molecule has 0 saturated heterocycles. The van der Waals surface area contributed by atoms with E-state index in [4.69, 9.17) is 4.74 Å². The highest BCUT2D eigenvalue weighted by Gasteiger charge is 2.20. The predicted molar refractivity (Wildman–Crippen MR) is 83.0 cm³/mol. The summed E-state index contributed by atoms with van der Waals surface area (Å²) in [5.41, 5.74) is 0. The molecule has 2 nitrogen and oxygen atoms in total. The van der Waals surface area contributed by atoms with E-state index in [9.17, 15) is 5.11 Å². The van der Waals surface area contributed by atoms with Crippen LogP contribution in [0.2, 0.25) is 0 Å². The Balaban J connectivity index is 1.90. The minimum absolute atomic E-state index is 0.0446. The Morgan fingerprint density at radius 3 is 1.95 bits per heavy atom. The fraction of sp³-hybridized carbons (Fsp3) is 0.667. The molecule has 0 heterocycles. The molecule has 2 unspecified atom stereocenters. The van der Waals surface area contributed by atoms with Crippen LogP contribution < -0.4 is 4.74 Å². The van der Waals surface area contributed by atoms with E-state index in [1.54, 1.807) is 0 Å². The van der Waals surface area contributed by atoms with Crippen LogP contribution in [0, 0.1) is 0 Å². The van der Waals surface area contributed by atoms with Crippen LogP contribution >= 0.6 is 0 Å². The average Bonchev–Trinajstić information content (AvgIpc) is 2.47. The van der Waals surface area contributed by atoms with Gasteiger partial charge in [0.25, 0.3) is 0 Å². The quantitative estimate of drug-likeness (QED) is 0.847. The van der Waals surface area contributed by atoms with E-state index in [1.807, 2.05) is 30.3 Å². The molecule has 112 valence electrons. The first-order valence-electron chi connectivity index (χ1n) is 8.26. The van der Waals surface area contributed by atoms with Gasteiger partial charge in [-0.3, -0.25) is 0 Å². The van der Waals surface area contributed by atoms with Crippen molar-refractivity contribution in [1.82, 2.24) is 0 Å². The lowest BCUT2D eigenvalue weighted by Crippen LogP contribution is -2.32. The number of benzene rings is 1. The maximum absolute atomic E-state index is 10.4. The zero-order valence-electron chi connectivity index (χ0n) is 12.5. The van der Waals surface area contributed by atoms with Crippen molar-refractivity contribution in [2.45, 2.75) is 76.4 Å². The third-order valence-corrected chi connectivity index (χ3v) is 4.20. The summed E-state index contributed by atoms with van der Waals surface area (Å²) >= 11 is 0. The second-order valence-electron chi connectivity index (χ2n) is 5.94. The molecule has 0 aromatic heterocycles. The Hall–Kier alpha value is -1.02. The molecule has 2 rings (SSSR count). The molecular formula is C18H28O2. The summed E-state index contributed by atoms with van der Waals surface area (Å²) < 4.78 is 6.02. The van der Waals surface area contributed by atoms with Crippen LogP contribution in [-0.4, -0.2) is 17.3 Å². The molecule has 0 radical (unpaired) electrons. The molecular weight excluding hydrogens is 248 g/mol. The van der Waals surface area contributed by atoms with Gasteiger partial charge in [0.1, 0.15) is 11.9 Å². The van der Waals surface area contributed by atoms with Crippen molar-refractivity contribution in [3.8, 4) is 5.75 Å². The Bertz CT molecular complexity index is 350. The second kappa shape index (κ2) is 9.02. The highest BCUT2D eigenvalue weighted by molar-refractivity contribution is 5.21. The highest BCUT2D eigenvalue weighted by atomic mass is 16.5. The van der Waals surface area contributed by atoms with Gasteiger partial charge in [-0.1, -0.05) is 63.1 Å². The molecule has 0 aliphatic heterocycles. The SMILES string of the molecule is OC1CCCCCCCCCCC1Oc1ccccc1. The lowest BCUT2D eigenvalue weighted by molar-refractivity contribution is 0.0227. The van der Waals surface area contributed by atoms with Crippen molar-refractivity contribution < 1.29 is 9.84 Å². The monoisotopic (exact) mass is 276 g/mol. The molecule has 20 heavy (non-hydrogen) atoms. The summed E-state index contributed by atoms with van der Waals surface area (Å²) in [5, 5.41) is 10.4.